The van der Waals surface area contributed by atoms with Gasteiger partial charge in [-0.15, -0.1) is 0 Å². The van der Waals surface area contributed by atoms with Gasteiger partial charge in [0.15, 0.2) is 5.69 Å². The Morgan fingerprint density at radius 3 is 2.04 bits per heavy atom. The van der Waals surface area contributed by atoms with Crippen molar-refractivity contribution in [2.75, 3.05) is 10.6 Å². The van der Waals surface area contributed by atoms with Crippen LogP contribution in [0.4, 0.5) is 24.5 Å². The molecule has 0 spiro atoms. The molecule has 9 heteroatoms. The molecule has 2 aromatic rings. The molecule has 0 radical (unpaired) electrons. The third-order valence-electron chi connectivity index (χ3n) is 3.26. The van der Waals surface area contributed by atoms with Crippen LogP contribution in [0, 0.1) is 0 Å². The van der Waals surface area contributed by atoms with Crippen molar-refractivity contribution in [3.8, 4) is 0 Å². The Balaban J connectivity index is 2.25. The monoisotopic (exact) mass is 354 g/mol. The maximum atomic E-state index is 13.3. The van der Waals surface area contributed by atoms with Crippen molar-refractivity contribution in [3.63, 3.8) is 0 Å². The second kappa shape index (κ2) is 6.96. The first-order valence-corrected chi connectivity index (χ1v) is 7.43. The van der Waals surface area contributed by atoms with Crippen molar-refractivity contribution in [1.29, 1.82) is 0 Å². The molecule has 25 heavy (non-hydrogen) atoms. The van der Waals surface area contributed by atoms with Crippen LogP contribution >= 0.6 is 0 Å². The van der Waals surface area contributed by atoms with Gasteiger partial charge >= 0.3 is 6.18 Å². The van der Waals surface area contributed by atoms with E-state index in [1.54, 1.807) is 13.8 Å². The van der Waals surface area contributed by atoms with Crippen molar-refractivity contribution in [3.05, 3.63) is 41.7 Å². The molecular weight excluding hydrogens is 337 g/mol. The van der Waals surface area contributed by atoms with E-state index in [0.29, 0.717) is 11.4 Å². The Hall–Kier alpha value is -2.84. The zero-order valence-corrected chi connectivity index (χ0v) is 13.8. The molecule has 0 aliphatic carbocycles. The van der Waals surface area contributed by atoms with Crippen LogP contribution in [-0.4, -0.2) is 21.6 Å². The summed E-state index contributed by atoms with van der Waals surface area (Å²) in [6.45, 7) is 4.44. The molecule has 0 fully saturated rings. The zero-order valence-electron chi connectivity index (χ0n) is 13.8. The van der Waals surface area contributed by atoms with Gasteiger partial charge in [-0.2, -0.15) is 18.3 Å². The van der Waals surface area contributed by atoms with E-state index in [-0.39, 0.29) is 5.91 Å². The molecule has 1 aromatic heterocycles. The lowest BCUT2D eigenvalue weighted by atomic mass is 10.2. The Morgan fingerprint density at radius 2 is 1.60 bits per heavy atom. The fourth-order valence-electron chi connectivity index (χ4n) is 2.24. The lowest BCUT2D eigenvalue weighted by Crippen LogP contribution is -2.22. The minimum absolute atomic E-state index is 0.257. The summed E-state index contributed by atoms with van der Waals surface area (Å²) in [6, 6.07) is 5.46. The predicted octanol–water partition coefficient (Wildman–Crippen LogP) is 3.69. The number of amides is 2. The van der Waals surface area contributed by atoms with Crippen LogP contribution in [0.2, 0.25) is 0 Å². The molecule has 0 aliphatic rings. The maximum absolute atomic E-state index is 13.3. The number of rotatable bonds is 4. The van der Waals surface area contributed by atoms with Crippen molar-refractivity contribution < 1.29 is 22.8 Å². The van der Waals surface area contributed by atoms with Gasteiger partial charge in [0.05, 0.1) is 11.8 Å². The summed E-state index contributed by atoms with van der Waals surface area (Å²) < 4.78 is 40.7. The van der Waals surface area contributed by atoms with Crippen LogP contribution in [0.3, 0.4) is 0 Å². The van der Waals surface area contributed by atoms with E-state index in [1.165, 1.54) is 31.2 Å². The zero-order chi connectivity index (χ0) is 18.8. The number of carbonyl (C=O) groups is 2. The van der Waals surface area contributed by atoms with Gasteiger partial charge in [0, 0.05) is 24.3 Å². The smallest absolute Gasteiger partial charge is 0.326 e. The van der Waals surface area contributed by atoms with Gasteiger partial charge in [0.2, 0.25) is 5.91 Å². The lowest BCUT2D eigenvalue weighted by molar-refractivity contribution is -0.145. The Kier molecular flexibility index (Phi) is 5.15. The third-order valence-corrected chi connectivity index (χ3v) is 3.26. The number of hydrogen-bond donors (Lipinski definition) is 2. The minimum atomic E-state index is -4.71. The van der Waals surface area contributed by atoms with Gasteiger partial charge < -0.3 is 10.6 Å². The number of hydrogen-bond acceptors (Lipinski definition) is 3. The van der Waals surface area contributed by atoms with Crippen LogP contribution in [0.15, 0.2) is 30.5 Å². The van der Waals surface area contributed by atoms with Gasteiger partial charge in [-0.3, -0.25) is 14.3 Å². The Bertz CT molecular complexity index is 780. The maximum Gasteiger partial charge on any atom is 0.433 e. The number of alkyl halides is 3. The molecule has 0 unspecified atom stereocenters. The number of aromatic nitrogens is 2. The summed E-state index contributed by atoms with van der Waals surface area (Å²) in [4.78, 5) is 23.2. The molecule has 0 saturated carbocycles. The average Bonchev–Trinajstić information content (AvgIpc) is 2.94. The highest BCUT2D eigenvalue weighted by molar-refractivity contribution is 6.05. The molecule has 0 atom stereocenters. The van der Waals surface area contributed by atoms with E-state index in [0.717, 1.165) is 10.9 Å². The normalized spacial score (nSPS) is 11.5. The fourth-order valence-corrected chi connectivity index (χ4v) is 2.24. The standard InChI is InChI=1S/C16H17F3N4O2/c1-9(2)23-14(16(17,18)19)13(8-20-23)15(25)22-12-6-4-11(5-7-12)21-10(3)24/h4-9H,1-3H3,(H,21,24)(H,22,25). The van der Waals surface area contributed by atoms with E-state index in [9.17, 15) is 22.8 Å². The first-order valence-electron chi connectivity index (χ1n) is 7.43. The number of benzene rings is 1. The van der Waals surface area contributed by atoms with Crippen molar-refractivity contribution in [1.82, 2.24) is 9.78 Å². The molecule has 2 rings (SSSR count). The van der Waals surface area contributed by atoms with Gasteiger partial charge in [-0.1, -0.05) is 0 Å². The summed E-state index contributed by atoms with van der Waals surface area (Å²) in [5.74, 6) is -1.17. The first-order chi connectivity index (χ1) is 11.6. The molecule has 134 valence electrons. The average molecular weight is 354 g/mol. The van der Waals surface area contributed by atoms with E-state index in [2.05, 4.69) is 15.7 Å². The lowest BCUT2D eigenvalue weighted by Gasteiger charge is -2.15. The summed E-state index contributed by atoms with van der Waals surface area (Å²) in [7, 11) is 0. The number of carbonyl (C=O) groups excluding carboxylic acids is 2. The van der Waals surface area contributed by atoms with E-state index >= 15 is 0 Å². The Morgan fingerprint density at radius 1 is 1.08 bits per heavy atom. The second-order valence-corrected chi connectivity index (χ2v) is 5.66. The van der Waals surface area contributed by atoms with Crippen LogP contribution in [0.1, 0.15) is 42.9 Å². The van der Waals surface area contributed by atoms with E-state index < -0.39 is 29.4 Å². The van der Waals surface area contributed by atoms with Gasteiger partial charge in [0.1, 0.15) is 0 Å². The molecule has 6 nitrogen and oxygen atoms in total. The highest BCUT2D eigenvalue weighted by Gasteiger charge is 2.40. The van der Waals surface area contributed by atoms with Gasteiger partial charge in [0.25, 0.3) is 5.91 Å². The largest absolute Gasteiger partial charge is 0.433 e. The SMILES string of the molecule is CC(=O)Nc1ccc(NC(=O)c2cnn(C(C)C)c2C(F)(F)F)cc1. The van der Waals surface area contributed by atoms with Gasteiger partial charge in [-0.05, 0) is 38.1 Å². The van der Waals surface area contributed by atoms with Crippen LogP contribution in [-0.2, 0) is 11.0 Å². The molecule has 0 aliphatic heterocycles. The summed E-state index contributed by atoms with van der Waals surface area (Å²) in [6.07, 6.45) is -3.80. The molecule has 2 amide bonds. The number of anilines is 2. The third kappa shape index (κ3) is 4.37. The van der Waals surface area contributed by atoms with Gasteiger partial charge in [-0.25, -0.2) is 0 Å². The number of halogens is 3. The van der Waals surface area contributed by atoms with Crippen molar-refractivity contribution in [2.45, 2.75) is 33.0 Å². The summed E-state index contributed by atoms with van der Waals surface area (Å²) in [5.41, 5.74) is -0.833. The summed E-state index contributed by atoms with van der Waals surface area (Å²) >= 11 is 0. The van der Waals surface area contributed by atoms with Crippen LogP contribution in [0.25, 0.3) is 0 Å². The molecule has 1 heterocycles. The highest BCUT2D eigenvalue weighted by Crippen LogP contribution is 2.33. The summed E-state index contributed by atoms with van der Waals surface area (Å²) in [5, 5.41) is 8.63. The fraction of sp³-hybridized carbons (Fsp3) is 0.312. The first kappa shape index (κ1) is 18.5. The Labute approximate surface area is 142 Å². The van der Waals surface area contributed by atoms with Crippen molar-refractivity contribution >= 4 is 23.2 Å². The topological polar surface area (TPSA) is 76.0 Å². The number of nitrogens with zero attached hydrogens (tertiary/aromatic N) is 2. The second-order valence-electron chi connectivity index (χ2n) is 5.66. The molecule has 1 aromatic carbocycles. The molecule has 0 saturated heterocycles. The van der Waals surface area contributed by atoms with E-state index in [1.807, 2.05) is 0 Å². The molecular formula is C16H17F3N4O2. The quantitative estimate of drug-likeness (QED) is 0.879. The minimum Gasteiger partial charge on any atom is -0.326 e. The molecule has 2 N–H and O–H groups in total. The van der Waals surface area contributed by atoms with E-state index in [4.69, 9.17) is 0 Å². The highest BCUT2D eigenvalue weighted by atomic mass is 19.4. The predicted molar refractivity (Wildman–Crippen MR) is 86.3 cm³/mol. The number of nitrogens with one attached hydrogen (secondary N) is 2. The molecule has 0 bridgehead atoms. The van der Waals surface area contributed by atoms with Crippen LogP contribution in [0.5, 0.6) is 0 Å². The van der Waals surface area contributed by atoms with Crippen molar-refractivity contribution in [2.24, 2.45) is 0 Å². The van der Waals surface area contributed by atoms with Crippen LogP contribution < -0.4 is 10.6 Å².